The molecular weight excluding hydrogens is 1940 g/mol. The number of aromatic amines is 2. The standard InChI is InChI=1S/C105H122N20O21S2/c1-56(2)39-78(115-89(132)23-11-8-16-38-109-95(135)73-21-13-12-20-72(73)90-74-34-32-69(129)44-86(74)146-87-45-70(130)33-35-75(87)90)101(141)125-92(59(6)127)105(145)120-80(40-60-17-9-7-10-18-60)99(139)122-84-53-147-51-65-28-26-62(46-110-65)63-27-29-66(111-47-63)52-148-54-85(103(143)121-83(50-126)93(107)133)123-104(144)91(57(3)4)124-96(136)77(36-37-88(106)131)116-94(134)58(5)114-97(137)81(42-64-48-112-76-22-15-14-19-71(64)76)118-98(138)79(41-61-24-30-68(128)31-25-61)117-100(140)82(119-102(84)142)43-67-49-108-55-113-67/h7,9-10,12-15,17-22,24-35,44-49,55-59,77-85,91-92,112,126-129H,8,11,16,23,36-43,50-54H2,1-6H3,(H2,106,131)(H2,107,133)(H,108,113)(H,109,135)(H,114,137)(H,115,132)(H,116,134)(H,117,140)(H,118,138)(H,119,142)(H,120,145)(H,121,143)(H,122,139)(H,123,144)(H,124,136)(H,125,141)/t58-,59+,77-,78-,79-,80-,81-,82-,83-,84+,85-,91-,92-/m0/s1. The Morgan fingerprint density at radius 3 is 1.84 bits per heavy atom. The maximum absolute atomic E-state index is 15.7. The van der Waals surface area contributed by atoms with E-state index < -0.39 is 193 Å². The van der Waals surface area contributed by atoms with Crippen molar-refractivity contribution in [3.63, 3.8) is 0 Å². The Balaban J connectivity index is 0.805. The molecule has 1 aliphatic carbocycles. The second kappa shape index (κ2) is 53.3. The molecule has 0 radical (unpaired) electrons. The van der Waals surface area contributed by atoms with Crippen LogP contribution in [0.25, 0.3) is 55.4 Å². The van der Waals surface area contributed by atoms with Crippen LogP contribution < -0.4 is 86.0 Å². The van der Waals surface area contributed by atoms with Gasteiger partial charge in [-0.15, -0.1) is 0 Å². The Kier molecular flexibility index (Phi) is 39.9. The minimum Gasteiger partial charge on any atom is -0.508 e. The third-order valence-electron chi connectivity index (χ3n) is 24.6. The number of carbonyl (C=O) groups excluding carboxylic acids is 15. The number of thioether (sulfide) groups is 2. The van der Waals surface area contributed by atoms with Crippen LogP contribution in [0, 0.1) is 11.8 Å². The summed E-state index contributed by atoms with van der Waals surface area (Å²) >= 11 is 2.26. The number of aliphatic hydroxyl groups is 2. The normalized spacial score (nSPS) is 18.7. The van der Waals surface area contributed by atoms with Crippen LogP contribution >= 0.6 is 23.5 Å². The largest absolute Gasteiger partial charge is 0.508 e. The topological polar surface area (TPSA) is 646 Å². The number of hydrogen-bond acceptors (Lipinski definition) is 26. The molecule has 9 aromatic rings. The minimum absolute atomic E-state index is 0.0515. The van der Waals surface area contributed by atoms with Crippen LogP contribution in [0.15, 0.2) is 204 Å². The quantitative estimate of drug-likeness (QED) is 0.0202. The number of pyridine rings is 2. The summed E-state index contributed by atoms with van der Waals surface area (Å²) in [4.78, 5) is 250. The van der Waals surface area contributed by atoms with E-state index in [9.17, 15) is 68.4 Å². The average molecular weight is 2060 g/mol. The number of para-hydroxylation sites is 1. The highest BCUT2D eigenvalue weighted by molar-refractivity contribution is 7.98. The Labute approximate surface area is 859 Å². The summed E-state index contributed by atoms with van der Waals surface area (Å²) in [5, 5.41) is 78.5. The molecule has 0 fully saturated rings. The van der Waals surface area contributed by atoms with Crippen LogP contribution in [0.4, 0.5) is 0 Å². The summed E-state index contributed by atoms with van der Waals surface area (Å²) in [6.45, 7) is 8.58. The van der Waals surface area contributed by atoms with Crippen molar-refractivity contribution in [1.29, 1.82) is 0 Å². The Hall–Kier alpha value is -15.9. The molecular formula is C105H122N20O21S2. The molecule has 14 rings (SSSR count). The number of aromatic nitrogens is 5. The number of nitrogens with zero attached hydrogens (tertiary/aromatic N) is 3. The first kappa shape index (κ1) is 111. The maximum atomic E-state index is 15.7. The van der Waals surface area contributed by atoms with Gasteiger partial charge in [-0.25, -0.2) is 4.98 Å². The highest BCUT2D eigenvalue weighted by Crippen LogP contribution is 2.42. The van der Waals surface area contributed by atoms with E-state index in [2.05, 4.69) is 89.1 Å². The number of primary amides is 2. The van der Waals surface area contributed by atoms with E-state index in [1.165, 1.54) is 74.9 Å². The summed E-state index contributed by atoms with van der Waals surface area (Å²) in [7, 11) is 0. The van der Waals surface area contributed by atoms with Gasteiger partial charge in [-0.2, -0.15) is 23.5 Å². The highest BCUT2D eigenvalue weighted by atomic mass is 32.2. The number of nitrogens with one attached hydrogen (secondary N) is 15. The van der Waals surface area contributed by atoms with E-state index in [1.807, 2.05) is 13.8 Å². The van der Waals surface area contributed by atoms with E-state index in [-0.39, 0.29) is 102 Å². The number of amides is 15. The van der Waals surface area contributed by atoms with Crippen LogP contribution in [-0.2, 0) is 104 Å². The molecule has 13 atom stereocenters. The van der Waals surface area contributed by atoms with Gasteiger partial charge in [-0.05, 0) is 134 Å². The van der Waals surface area contributed by atoms with Crippen molar-refractivity contribution in [2.45, 2.75) is 202 Å². The predicted octanol–water partition coefficient (Wildman–Crippen LogP) is 3.74. The van der Waals surface area contributed by atoms with Gasteiger partial charge < -0.3 is 115 Å². The van der Waals surface area contributed by atoms with Crippen molar-refractivity contribution < 1.29 is 96.8 Å². The lowest BCUT2D eigenvalue weighted by atomic mass is 9.90. The van der Waals surface area contributed by atoms with Crippen molar-refractivity contribution in [3.8, 4) is 45.1 Å². The molecule has 0 unspecified atom stereocenters. The number of phenols is 2. The lowest BCUT2D eigenvalue weighted by molar-refractivity contribution is -0.136. The molecule has 780 valence electrons. The summed E-state index contributed by atoms with van der Waals surface area (Å²) in [5.74, 6) is -14.8. The predicted molar refractivity (Wildman–Crippen MR) is 553 cm³/mol. The maximum Gasteiger partial charge on any atom is 0.251 e. The molecule has 41 nitrogen and oxygen atoms in total. The number of hydrogen-bond donors (Lipinski definition) is 21. The van der Waals surface area contributed by atoms with Crippen molar-refractivity contribution in [2.24, 2.45) is 23.3 Å². The Morgan fingerprint density at radius 1 is 0.541 bits per heavy atom. The number of benzene rings is 6. The van der Waals surface area contributed by atoms with Gasteiger partial charge in [0.2, 0.25) is 82.7 Å². The molecule has 4 bridgehead atoms. The minimum atomic E-state index is -1.78. The van der Waals surface area contributed by atoms with Gasteiger partial charge in [0, 0.05) is 155 Å². The first-order chi connectivity index (χ1) is 70.9. The zero-order valence-corrected chi connectivity index (χ0v) is 83.8. The Bertz CT molecular complexity index is 6570. The molecule has 8 heterocycles. The fourth-order valence-electron chi connectivity index (χ4n) is 16.7. The third kappa shape index (κ3) is 31.6. The number of phenolic OH excluding ortho intramolecular Hbond substituents is 2. The Morgan fingerprint density at radius 2 is 1.18 bits per heavy atom. The molecule has 5 aliphatic rings. The summed E-state index contributed by atoms with van der Waals surface area (Å²) < 4.78 is 6.04. The number of unbranched alkanes of at least 4 members (excludes halogenated alkanes) is 2. The van der Waals surface area contributed by atoms with E-state index in [0.29, 0.717) is 103 Å². The third-order valence-corrected chi connectivity index (χ3v) is 26.8. The monoisotopic (exact) mass is 2060 g/mol. The van der Waals surface area contributed by atoms with Crippen LogP contribution in [0.1, 0.15) is 131 Å². The number of rotatable bonds is 34. The molecule has 15 amide bonds. The number of fused-ring (bicyclic) bond motifs is 5. The molecule has 148 heavy (non-hydrogen) atoms. The average Bonchev–Trinajstić information content (AvgIpc) is 0.882. The fourth-order valence-corrected chi connectivity index (χ4v) is 18.6. The lowest BCUT2D eigenvalue weighted by Crippen LogP contribution is -2.62. The summed E-state index contributed by atoms with van der Waals surface area (Å²) in [5.41, 5.74) is 17.6. The first-order valence-electron chi connectivity index (χ1n) is 48.4. The molecule has 0 spiro atoms. The molecule has 0 saturated carbocycles. The van der Waals surface area contributed by atoms with Gasteiger partial charge in [-0.1, -0.05) is 125 Å². The number of aromatic hydroxyl groups is 2. The fraction of sp³-hybridized carbons (Fsp3) is 0.362. The van der Waals surface area contributed by atoms with Gasteiger partial charge in [0.05, 0.1) is 30.4 Å². The SMILES string of the molecule is CC(C)C[C@H](NC(=O)CCCCCNC(=O)c1ccccc1-c1c2ccc(=O)cc-2oc2cc(O)ccc12)C(=O)N[C@H](C(=O)N[C@@H](Cc1ccccc1)C(=O)N[C@@H]1CSCc2ccc(cn2)-c2ccc(nc2)CSC[C@@H](C(=O)N[C@@H](CO)C(N)=O)NC(=O)[C@H](C(C)C)NC(=O)[C@H](CCC(N)=O)NC(=O)[C@H](C)NC(=O)[C@H](Cc2c[nH]c3ccccc23)NC(=O)[C@H](Cc2ccc(O)cc2)NC(=O)[C@H](Cc2cnc[nH]2)NC1=O)[C@@H](C)O. The van der Waals surface area contributed by atoms with Gasteiger partial charge in [0.15, 0.2) is 5.43 Å². The lowest BCUT2D eigenvalue weighted by Gasteiger charge is -2.29. The van der Waals surface area contributed by atoms with Crippen molar-refractivity contribution in [3.05, 3.63) is 244 Å². The number of H-pyrrole nitrogens is 2. The summed E-state index contributed by atoms with van der Waals surface area (Å²) in [6.07, 6.45) is 4.85. The van der Waals surface area contributed by atoms with Crippen LogP contribution in [-0.4, -0.2) is 237 Å². The molecule has 23 N–H and O–H groups in total. The van der Waals surface area contributed by atoms with Gasteiger partial charge >= 0.3 is 0 Å². The number of carbonyl (C=O) groups is 15. The van der Waals surface area contributed by atoms with Gasteiger partial charge in [0.1, 0.15) is 95.3 Å². The zero-order chi connectivity index (χ0) is 106. The smallest absolute Gasteiger partial charge is 0.251 e. The van der Waals surface area contributed by atoms with Crippen LogP contribution in [0.3, 0.4) is 0 Å². The highest BCUT2D eigenvalue weighted by Gasteiger charge is 2.40. The van der Waals surface area contributed by atoms with Crippen molar-refractivity contribution >= 4 is 134 Å². The number of imidazole rings is 1. The second-order valence-corrected chi connectivity index (χ2v) is 39.0. The van der Waals surface area contributed by atoms with E-state index in [0.717, 1.165) is 23.5 Å². The van der Waals surface area contributed by atoms with Crippen LogP contribution in [0.2, 0.25) is 0 Å². The van der Waals surface area contributed by atoms with Crippen molar-refractivity contribution in [1.82, 2.24) is 94.0 Å². The molecule has 0 saturated heterocycles. The molecule has 43 heteroatoms. The van der Waals surface area contributed by atoms with E-state index >= 15 is 28.8 Å². The first-order valence-corrected chi connectivity index (χ1v) is 50.7. The zero-order valence-electron chi connectivity index (χ0n) is 82.2. The molecule has 4 aromatic heterocycles. The number of aliphatic hydroxyl groups excluding tert-OH is 2. The molecule has 5 aromatic carbocycles. The van der Waals surface area contributed by atoms with Gasteiger partial charge in [0.25, 0.3) is 5.91 Å². The number of nitrogens with two attached hydrogens (primary N) is 2. The van der Waals surface area contributed by atoms with Gasteiger partial charge in [-0.3, -0.25) is 86.7 Å². The summed E-state index contributed by atoms with van der Waals surface area (Å²) in [6, 6.07) is 24.9. The van der Waals surface area contributed by atoms with Crippen molar-refractivity contribution in [2.75, 3.05) is 24.7 Å². The second-order valence-electron chi connectivity index (χ2n) is 37.0. The van der Waals surface area contributed by atoms with E-state index in [1.54, 1.807) is 148 Å². The van der Waals surface area contributed by atoms with E-state index in [4.69, 9.17) is 20.9 Å². The molecule has 4 aliphatic heterocycles. The van der Waals surface area contributed by atoms with Crippen LogP contribution in [0.5, 0.6) is 11.5 Å².